The lowest BCUT2D eigenvalue weighted by Gasteiger charge is -2.20. The summed E-state index contributed by atoms with van der Waals surface area (Å²) in [5, 5.41) is 2.53. The van der Waals surface area contributed by atoms with Crippen LogP contribution in [0.15, 0.2) is 35.5 Å². The number of halogens is 1. The fourth-order valence-electron chi connectivity index (χ4n) is 3.32. The van der Waals surface area contributed by atoms with Crippen LogP contribution in [0, 0.1) is 17.7 Å². The Bertz CT molecular complexity index is 896. The molecule has 0 saturated heterocycles. The molecule has 1 rings (SSSR count). The maximum atomic E-state index is 14.4. The molecule has 1 aromatic carbocycles. The van der Waals surface area contributed by atoms with Crippen LogP contribution in [0.5, 0.6) is 0 Å². The van der Waals surface area contributed by atoms with Crippen molar-refractivity contribution in [1.29, 1.82) is 0 Å². The Labute approximate surface area is 202 Å². The number of anilines is 1. The van der Waals surface area contributed by atoms with Gasteiger partial charge >= 0.3 is 0 Å². The van der Waals surface area contributed by atoms with Crippen molar-refractivity contribution in [2.45, 2.75) is 60.3 Å². The third-order valence-electron chi connectivity index (χ3n) is 5.34. The van der Waals surface area contributed by atoms with E-state index in [1.54, 1.807) is 6.92 Å². The molecule has 8 heteroatoms. The van der Waals surface area contributed by atoms with E-state index < -0.39 is 5.82 Å². The van der Waals surface area contributed by atoms with Crippen molar-refractivity contribution < 1.29 is 18.8 Å². The number of amidine groups is 1. The molecule has 0 saturated carbocycles. The average Bonchev–Trinajstić information content (AvgIpc) is 2.78. The third-order valence-corrected chi connectivity index (χ3v) is 5.34. The fraction of sp³-hybridized carbons (Fsp3) is 0.538. The molecule has 34 heavy (non-hydrogen) atoms. The van der Waals surface area contributed by atoms with E-state index in [4.69, 9.17) is 5.73 Å². The molecule has 0 aliphatic rings. The Morgan fingerprint density at radius 3 is 2.53 bits per heavy atom. The minimum absolute atomic E-state index is 0.0390. The van der Waals surface area contributed by atoms with Crippen LogP contribution in [0.25, 0.3) is 0 Å². The van der Waals surface area contributed by atoms with E-state index in [9.17, 15) is 18.8 Å². The molecule has 1 atom stereocenters. The monoisotopic (exact) mass is 474 g/mol. The highest BCUT2D eigenvalue weighted by atomic mass is 19.1. The molecule has 7 nitrogen and oxygen atoms in total. The molecule has 0 aliphatic heterocycles. The number of hydrogen-bond acceptors (Lipinski definition) is 5. The summed E-state index contributed by atoms with van der Waals surface area (Å²) in [4.78, 5) is 43.0. The second kappa shape index (κ2) is 15.1. The number of Topliss-reactive ketones (excluding diaryl/α,β-unsaturated/α-hetero) is 2. The normalized spacial score (nSPS) is 12.8. The molecular weight excluding hydrogens is 435 g/mol. The van der Waals surface area contributed by atoms with Gasteiger partial charge in [0.15, 0.2) is 5.78 Å². The van der Waals surface area contributed by atoms with Crippen molar-refractivity contribution in [2.75, 3.05) is 25.0 Å². The first-order chi connectivity index (χ1) is 16.1. The molecule has 1 amide bonds. The van der Waals surface area contributed by atoms with Gasteiger partial charge < -0.3 is 16.0 Å². The number of nitrogens with one attached hydrogen (secondary N) is 1. The first kappa shape index (κ1) is 29.2. The van der Waals surface area contributed by atoms with E-state index >= 15 is 0 Å². The molecule has 0 unspecified atom stereocenters. The highest BCUT2D eigenvalue weighted by Gasteiger charge is 2.15. The van der Waals surface area contributed by atoms with E-state index in [1.807, 2.05) is 44.9 Å². The van der Waals surface area contributed by atoms with Crippen LogP contribution in [0.1, 0.15) is 70.7 Å². The SMILES string of the molecule is C/C=C\N(CCC(=O)[C@@H](C)CCCN)C(C)=NCC(=O)c1ccc(NC(=O)CC(C)C)c(F)c1. The van der Waals surface area contributed by atoms with Crippen molar-refractivity contribution >= 4 is 29.0 Å². The number of rotatable bonds is 14. The maximum Gasteiger partial charge on any atom is 0.224 e. The second-order valence-electron chi connectivity index (χ2n) is 8.85. The van der Waals surface area contributed by atoms with Gasteiger partial charge in [-0.3, -0.25) is 19.4 Å². The molecule has 1 aromatic rings. The average molecular weight is 475 g/mol. The van der Waals surface area contributed by atoms with E-state index in [-0.39, 0.29) is 53.5 Å². The van der Waals surface area contributed by atoms with Crippen LogP contribution in [-0.4, -0.2) is 47.8 Å². The first-order valence-corrected chi connectivity index (χ1v) is 11.8. The van der Waals surface area contributed by atoms with Gasteiger partial charge in [-0.15, -0.1) is 0 Å². The van der Waals surface area contributed by atoms with Crippen LogP contribution < -0.4 is 11.1 Å². The van der Waals surface area contributed by atoms with Crippen LogP contribution in [0.2, 0.25) is 0 Å². The zero-order valence-electron chi connectivity index (χ0n) is 21.1. The molecule has 3 N–H and O–H groups in total. The van der Waals surface area contributed by atoms with Gasteiger partial charge in [-0.2, -0.15) is 0 Å². The maximum absolute atomic E-state index is 14.4. The van der Waals surface area contributed by atoms with E-state index in [0.717, 1.165) is 18.9 Å². The van der Waals surface area contributed by atoms with Gasteiger partial charge in [0.1, 0.15) is 24.0 Å². The Kier molecular flexibility index (Phi) is 13.0. The van der Waals surface area contributed by atoms with Gasteiger partial charge in [-0.25, -0.2) is 4.39 Å². The highest BCUT2D eigenvalue weighted by Crippen LogP contribution is 2.17. The van der Waals surface area contributed by atoms with Crippen molar-refractivity contribution in [3.05, 3.63) is 41.9 Å². The third kappa shape index (κ3) is 10.4. The van der Waals surface area contributed by atoms with Gasteiger partial charge in [0.25, 0.3) is 0 Å². The van der Waals surface area contributed by atoms with Crippen LogP contribution >= 0.6 is 0 Å². The van der Waals surface area contributed by atoms with Crippen LogP contribution in [0.3, 0.4) is 0 Å². The van der Waals surface area contributed by atoms with Crippen molar-refractivity contribution in [3.63, 3.8) is 0 Å². The molecular formula is C26H39FN4O3. The van der Waals surface area contributed by atoms with Crippen molar-refractivity contribution in [3.8, 4) is 0 Å². The zero-order valence-corrected chi connectivity index (χ0v) is 21.1. The number of aliphatic imine (C=N–C) groups is 1. The van der Waals surface area contributed by atoms with E-state index in [2.05, 4.69) is 10.3 Å². The minimum atomic E-state index is -0.665. The van der Waals surface area contributed by atoms with E-state index in [1.165, 1.54) is 12.1 Å². The van der Waals surface area contributed by atoms with Gasteiger partial charge in [-0.05, 0) is 57.4 Å². The summed E-state index contributed by atoms with van der Waals surface area (Å²) in [5.74, 6) is -0.404. The van der Waals surface area contributed by atoms with E-state index in [0.29, 0.717) is 25.3 Å². The molecule has 188 valence electrons. The Morgan fingerprint density at radius 1 is 1.24 bits per heavy atom. The molecule has 0 aliphatic carbocycles. The minimum Gasteiger partial charge on any atom is -0.337 e. The molecule has 0 radical (unpaired) electrons. The smallest absolute Gasteiger partial charge is 0.224 e. The standard InChI is InChI=1S/C26H39FN4O3/c1-6-13-31(14-11-24(32)19(4)8-7-12-28)20(5)29-17-25(33)21-9-10-23(22(27)16-21)30-26(34)15-18(2)3/h6,9-10,13,16,18-19H,7-8,11-12,14-15,17,28H2,1-5H3,(H,30,34)/b13-6-,29-20?/t19-/m0/s1. The number of nitrogens with zero attached hydrogens (tertiary/aromatic N) is 2. The number of hydrogen-bond donors (Lipinski definition) is 2. The number of carbonyl (C=O) groups excluding carboxylic acids is 3. The molecule has 0 fully saturated rings. The lowest BCUT2D eigenvalue weighted by Crippen LogP contribution is -2.28. The Balaban J connectivity index is 2.75. The summed E-state index contributed by atoms with van der Waals surface area (Å²) in [6, 6.07) is 3.98. The molecule has 0 bridgehead atoms. The predicted molar refractivity (Wildman–Crippen MR) is 135 cm³/mol. The van der Waals surface area contributed by atoms with Crippen molar-refractivity contribution in [2.24, 2.45) is 22.6 Å². The summed E-state index contributed by atoms with van der Waals surface area (Å²) in [6.45, 7) is 10.2. The van der Waals surface area contributed by atoms with Crippen LogP contribution in [0.4, 0.5) is 10.1 Å². The van der Waals surface area contributed by atoms with Crippen molar-refractivity contribution in [1.82, 2.24) is 4.90 Å². The first-order valence-electron chi connectivity index (χ1n) is 11.8. The number of carbonyl (C=O) groups is 3. The number of amides is 1. The molecule has 0 spiro atoms. The van der Waals surface area contributed by atoms with Gasteiger partial charge in [0, 0.05) is 37.1 Å². The highest BCUT2D eigenvalue weighted by molar-refractivity contribution is 6.00. The lowest BCUT2D eigenvalue weighted by molar-refractivity contribution is -0.122. The topological polar surface area (TPSA) is 105 Å². The fourth-order valence-corrected chi connectivity index (χ4v) is 3.32. The summed E-state index contributed by atoms with van der Waals surface area (Å²) in [5.41, 5.74) is 5.74. The van der Waals surface area contributed by atoms with Crippen LogP contribution in [-0.2, 0) is 9.59 Å². The Morgan fingerprint density at radius 2 is 1.94 bits per heavy atom. The number of allylic oxidation sites excluding steroid dienone is 1. The van der Waals surface area contributed by atoms with Gasteiger partial charge in [-0.1, -0.05) is 26.8 Å². The summed E-state index contributed by atoms with van der Waals surface area (Å²) in [7, 11) is 0. The van der Waals surface area contributed by atoms with Gasteiger partial charge in [0.2, 0.25) is 5.91 Å². The summed E-state index contributed by atoms with van der Waals surface area (Å²) >= 11 is 0. The zero-order chi connectivity index (χ0) is 25.7. The summed E-state index contributed by atoms with van der Waals surface area (Å²) < 4.78 is 14.4. The number of benzene rings is 1. The molecule has 0 aromatic heterocycles. The second-order valence-corrected chi connectivity index (χ2v) is 8.85. The predicted octanol–water partition coefficient (Wildman–Crippen LogP) is 4.58. The lowest BCUT2D eigenvalue weighted by atomic mass is 9.98. The molecule has 0 heterocycles. The van der Waals surface area contributed by atoms with Gasteiger partial charge in [0.05, 0.1) is 5.69 Å². The number of ketones is 2. The Hall–Kier alpha value is -2.87. The quantitative estimate of drug-likeness (QED) is 0.233. The summed E-state index contributed by atoms with van der Waals surface area (Å²) in [6.07, 6.45) is 5.90. The number of nitrogens with two attached hydrogens (primary N) is 1. The largest absolute Gasteiger partial charge is 0.337 e.